The molecule has 0 aliphatic carbocycles. The van der Waals surface area contributed by atoms with Gasteiger partial charge in [0, 0.05) is 17.6 Å². The van der Waals surface area contributed by atoms with Crippen molar-refractivity contribution in [3.63, 3.8) is 0 Å². The molecule has 1 aromatic rings. The molecule has 2 rings (SSSR count). The summed E-state index contributed by atoms with van der Waals surface area (Å²) in [6.07, 6.45) is 3.21. The van der Waals surface area contributed by atoms with E-state index in [0.29, 0.717) is 19.3 Å². The number of hydrogen-bond donors (Lipinski definition) is 0. The van der Waals surface area contributed by atoms with Gasteiger partial charge in [-0.1, -0.05) is 0 Å². The van der Waals surface area contributed by atoms with Crippen LogP contribution in [0.5, 0.6) is 0 Å². The molecule has 18 heavy (non-hydrogen) atoms. The van der Waals surface area contributed by atoms with Crippen LogP contribution in [0.15, 0.2) is 6.20 Å². The van der Waals surface area contributed by atoms with E-state index in [1.807, 2.05) is 0 Å². The van der Waals surface area contributed by atoms with Crippen LogP contribution in [0.1, 0.15) is 24.1 Å². The molecule has 0 bridgehead atoms. The smallest absolute Gasteiger partial charge is 0.305 e. The minimum atomic E-state index is -0.908. The molecule has 0 radical (unpaired) electrons. The maximum Gasteiger partial charge on any atom is 0.305 e. The van der Waals surface area contributed by atoms with Crippen molar-refractivity contribution in [2.24, 2.45) is 0 Å². The third-order valence-corrected chi connectivity index (χ3v) is 3.86. The average molecular weight is 295 g/mol. The lowest BCUT2D eigenvalue weighted by Gasteiger charge is -2.16. The Morgan fingerprint density at radius 1 is 1.72 bits per heavy atom. The van der Waals surface area contributed by atoms with Crippen molar-refractivity contribution in [2.45, 2.75) is 32.0 Å². The number of aromatic nitrogens is 1. The van der Waals surface area contributed by atoms with Gasteiger partial charge in [0.15, 0.2) is 11.4 Å². The second-order valence-electron chi connectivity index (χ2n) is 3.96. The molecule has 1 aliphatic rings. The Morgan fingerprint density at radius 2 is 2.50 bits per heavy atom. The fourth-order valence-electron chi connectivity index (χ4n) is 1.81. The molecular weight excluding hydrogens is 279 g/mol. The Morgan fingerprint density at radius 3 is 3.11 bits per heavy atom. The maximum atomic E-state index is 13.5. The van der Waals surface area contributed by atoms with Crippen LogP contribution < -0.4 is 4.90 Å². The van der Waals surface area contributed by atoms with Gasteiger partial charge < -0.3 is 9.64 Å². The lowest BCUT2D eigenvalue weighted by Crippen LogP contribution is -2.24. The molecule has 0 unspecified atom stereocenters. The van der Waals surface area contributed by atoms with Gasteiger partial charge in [-0.25, -0.2) is 9.37 Å². The minimum absolute atomic E-state index is 0. The van der Waals surface area contributed by atoms with E-state index in [1.54, 1.807) is 11.1 Å². The number of methoxy groups -OCH3 is 1. The highest BCUT2D eigenvalue weighted by atomic mass is 35.5. The first-order valence-corrected chi connectivity index (χ1v) is 6.44. The molecule has 102 valence electrons. The fourth-order valence-corrected chi connectivity index (χ4v) is 2.79. The summed E-state index contributed by atoms with van der Waals surface area (Å²) < 4.78 is 18.0. The van der Waals surface area contributed by atoms with E-state index in [4.69, 9.17) is 0 Å². The quantitative estimate of drug-likeness (QED) is 0.632. The molecule has 1 aromatic heterocycles. The Hall–Kier alpha value is -0.880. The molecule has 1 aliphatic heterocycles. The first kappa shape index (κ1) is 15.2. The van der Waals surface area contributed by atoms with Crippen LogP contribution in [0.2, 0.25) is 0 Å². The Bertz CT molecular complexity index is 402. The molecule has 0 N–H and O–H groups in total. The van der Waals surface area contributed by atoms with Gasteiger partial charge in [0.05, 0.1) is 13.5 Å². The van der Waals surface area contributed by atoms with Crippen LogP contribution >= 0.6 is 23.7 Å². The zero-order valence-electron chi connectivity index (χ0n) is 10.1. The Labute approximate surface area is 116 Å². The molecule has 2 heterocycles. The monoisotopic (exact) mass is 294 g/mol. The number of alkyl halides is 1. The number of rotatable bonds is 4. The number of nitrogens with zero attached hydrogens (tertiary/aromatic N) is 2. The number of carbonyl (C=O) groups excluding carboxylic acids is 1. The fraction of sp³-hybridized carbons (Fsp3) is 0.636. The number of anilines is 1. The summed E-state index contributed by atoms with van der Waals surface area (Å²) in [6, 6.07) is 0. The highest BCUT2D eigenvalue weighted by molar-refractivity contribution is 7.15. The zero-order chi connectivity index (χ0) is 12.3. The molecule has 0 spiro atoms. The van der Waals surface area contributed by atoms with Crippen molar-refractivity contribution >= 4 is 34.8 Å². The highest BCUT2D eigenvalue weighted by Gasteiger charge is 2.26. The minimum Gasteiger partial charge on any atom is -0.469 e. The molecule has 0 amide bonds. The molecule has 7 heteroatoms. The van der Waals surface area contributed by atoms with Gasteiger partial charge in [-0.05, 0) is 19.3 Å². The van der Waals surface area contributed by atoms with Gasteiger partial charge in [-0.2, -0.15) is 0 Å². The number of hydrogen-bond acceptors (Lipinski definition) is 5. The Balaban J connectivity index is 0.00000162. The largest absolute Gasteiger partial charge is 0.469 e. The van der Waals surface area contributed by atoms with Gasteiger partial charge in [0.25, 0.3) is 0 Å². The summed E-state index contributed by atoms with van der Waals surface area (Å²) in [6.45, 7) is 0.727. The SMILES string of the molecule is COC(=O)CCc1cnc(N2CCC[C@@H]2F)s1.Cl. The summed E-state index contributed by atoms with van der Waals surface area (Å²) in [5.41, 5.74) is 0. The third-order valence-electron chi connectivity index (χ3n) is 2.77. The molecule has 0 saturated carbocycles. The van der Waals surface area contributed by atoms with Crippen LogP contribution in [-0.2, 0) is 16.0 Å². The molecule has 1 saturated heterocycles. The van der Waals surface area contributed by atoms with Crippen molar-refractivity contribution in [1.82, 2.24) is 4.98 Å². The second-order valence-corrected chi connectivity index (χ2v) is 5.05. The van der Waals surface area contributed by atoms with Crippen molar-refractivity contribution in [3.8, 4) is 0 Å². The molecule has 4 nitrogen and oxygen atoms in total. The zero-order valence-corrected chi connectivity index (χ0v) is 11.7. The number of thiazole rings is 1. The standard InChI is InChI=1S/C11H15FN2O2S.ClH/c1-16-10(15)5-4-8-7-13-11(17-8)14-6-2-3-9(14)12;/h7,9H,2-6H2,1H3;1H/t9-;/m1./s1. The summed E-state index contributed by atoms with van der Waals surface area (Å²) in [7, 11) is 1.37. The topological polar surface area (TPSA) is 42.4 Å². The normalized spacial score (nSPS) is 18.6. The molecular formula is C11H16ClFN2O2S. The number of carbonyl (C=O) groups is 1. The lowest BCUT2D eigenvalue weighted by atomic mass is 10.3. The summed E-state index contributed by atoms with van der Waals surface area (Å²) in [4.78, 5) is 17.9. The van der Waals surface area contributed by atoms with Crippen molar-refractivity contribution < 1.29 is 13.9 Å². The molecule has 1 fully saturated rings. The van der Waals surface area contributed by atoms with E-state index in [-0.39, 0.29) is 18.4 Å². The number of halogens is 2. The number of aryl methyl sites for hydroxylation is 1. The van der Waals surface area contributed by atoms with Gasteiger partial charge in [0.1, 0.15) is 0 Å². The van der Waals surface area contributed by atoms with Crippen LogP contribution in [0.25, 0.3) is 0 Å². The van der Waals surface area contributed by atoms with E-state index in [0.717, 1.165) is 23.0 Å². The predicted octanol–water partition coefficient (Wildman–Crippen LogP) is 2.57. The van der Waals surface area contributed by atoms with Gasteiger partial charge in [-0.15, -0.1) is 23.7 Å². The molecule has 0 aromatic carbocycles. The van der Waals surface area contributed by atoms with E-state index < -0.39 is 6.30 Å². The summed E-state index contributed by atoms with van der Waals surface area (Å²) in [5.74, 6) is -0.232. The van der Waals surface area contributed by atoms with E-state index >= 15 is 0 Å². The number of ether oxygens (including phenoxy) is 1. The van der Waals surface area contributed by atoms with E-state index in [2.05, 4.69) is 9.72 Å². The van der Waals surface area contributed by atoms with Crippen LogP contribution in [-0.4, -0.2) is 30.9 Å². The van der Waals surface area contributed by atoms with Crippen molar-refractivity contribution in [3.05, 3.63) is 11.1 Å². The van der Waals surface area contributed by atoms with E-state index in [9.17, 15) is 9.18 Å². The summed E-state index contributed by atoms with van der Waals surface area (Å²) >= 11 is 1.45. The first-order chi connectivity index (χ1) is 8.20. The maximum absolute atomic E-state index is 13.5. The van der Waals surface area contributed by atoms with Crippen molar-refractivity contribution in [2.75, 3.05) is 18.6 Å². The number of esters is 1. The van der Waals surface area contributed by atoms with E-state index in [1.165, 1.54) is 18.4 Å². The first-order valence-electron chi connectivity index (χ1n) is 5.63. The highest BCUT2D eigenvalue weighted by Crippen LogP contribution is 2.30. The van der Waals surface area contributed by atoms with Crippen LogP contribution in [0.3, 0.4) is 0 Å². The van der Waals surface area contributed by atoms with Crippen molar-refractivity contribution in [1.29, 1.82) is 0 Å². The van der Waals surface area contributed by atoms with Crippen LogP contribution in [0, 0.1) is 0 Å². The molecule has 1 atom stereocenters. The van der Waals surface area contributed by atoms with Crippen LogP contribution in [0.4, 0.5) is 9.52 Å². The van der Waals surface area contributed by atoms with Gasteiger partial charge in [-0.3, -0.25) is 4.79 Å². The lowest BCUT2D eigenvalue weighted by molar-refractivity contribution is -0.140. The van der Waals surface area contributed by atoms with Gasteiger partial charge in [0.2, 0.25) is 0 Å². The van der Waals surface area contributed by atoms with Gasteiger partial charge >= 0.3 is 5.97 Å². The predicted molar refractivity (Wildman–Crippen MR) is 71.2 cm³/mol. The third kappa shape index (κ3) is 3.55. The second kappa shape index (κ2) is 6.89. The summed E-state index contributed by atoms with van der Waals surface area (Å²) in [5, 5.41) is 0.717. The Kier molecular flexibility index (Phi) is 5.81. The average Bonchev–Trinajstić information content (AvgIpc) is 2.94.